The zero-order valence-electron chi connectivity index (χ0n) is 14.4. The van der Waals surface area contributed by atoms with Crippen molar-refractivity contribution >= 4 is 0 Å². The Morgan fingerprint density at radius 1 is 1.25 bits per heavy atom. The van der Waals surface area contributed by atoms with Crippen molar-refractivity contribution in [2.75, 3.05) is 13.2 Å². The first kappa shape index (κ1) is 17.9. The summed E-state index contributed by atoms with van der Waals surface area (Å²) < 4.78 is 6.08. The first-order chi connectivity index (χ1) is 9.19. The third-order valence-corrected chi connectivity index (χ3v) is 4.47. The largest absolute Gasteiger partial charge is 0.385 e. The predicted molar refractivity (Wildman–Crippen MR) is 83.6 cm³/mol. The monoisotopic (exact) mass is 286 g/mol. The Kier molecular flexibility index (Phi) is 6.96. The topological polar surface area (TPSA) is 46.1 Å². The van der Waals surface area contributed by atoms with Gasteiger partial charge in [0.2, 0.25) is 0 Å². The molecule has 0 aromatic carbocycles. The van der Waals surface area contributed by atoms with Crippen LogP contribution in [-0.4, -0.2) is 36.0 Å². The number of hydrogen-bond donors (Lipinski definition) is 2. The minimum atomic E-state index is -0.362. The minimum absolute atomic E-state index is 0.167. The molecule has 3 N–H and O–H groups in total. The maximum atomic E-state index is 10.1. The highest BCUT2D eigenvalue weighted by molar-refractivity contribution is 4.81. The molecule has 0 unspecified atom stereocenters. The number of hydrogen-bond acceptors (Lipinski definition) is 2. The van der Waals surface area contributed by atoms with Crippen LogP contribution in [0.3, 0.4) is 0 Å². The molecular formula is C17H36NO2+. The molecule has 0 aromatic rings. The van der Waals surface area contributed by atoms with Gasteiger partial charge in [-0.25, -0.2) is 0 Å². The van der Waals surface area contributed by atoms with E-state index in [-0.39, 0.29) is 11.6 Å². The molecule has 0 aliphatic heterocycles. The van der Waals surface area contributed by atoms with Crippen molar-refractivity contribution in [1.82, 2.24) is 0 Å². The predicted octanol–water partition coefficient (Wildman–Crippen LogP) is 2.19. The van der Waals surface area contributed by atoms with Gasteiger partial charge in [0, 0.05) is 0 Å². The van der Waals surface area contributed by atoms with Gasteiger partial charge in [0.15, 0.2) is 0 Å². The van der Waals surface area contributed by atoms with Gasteiger partial charge in [0.05, 0.1) is 18.2 Å². The van der Waals surface area contributed by atoms with Crippen LogP contribution in [0.25, 0.3) is 0 Å². The molecule has 3 heteroatoms. The maximum Gasteiger partial charge on any atom is 0.126 e. The lowest BCUT2D eigenvalue weighted by atomic mass is 9.75. The quantitative estimate of drug-likeness (QED) is 0.786. The standard InChI is InChI=1S/C17H35NO2/c1-12(2)15-8-7-13(3)9-16(15)20-11-14(19)10-18-17(4,5)6/h12-16,18-19H,7-11H2,1-6H3/p+1/t13-,14+,15+,16+/m0/s1. The fraction of sp³-hybridized carbons (Fsp3) is 1.00. The van der Waals surface area contributed by atoms with E-state index < -0.39 is 0 Å². The fourth-order valence-electron chi connectivity index (χ4n) is 3.10. The van der Waals surface area contributed by atoms with Crippen LogP contribution in [0.1, 0.15) is 60.8 Å². The minimum Gasteiger partial charge on any atom is -0.385 e. The lowest BCUT2D eigenvalue weighted by Gasteiger charge is -2.37. The van der Waals surface area contributed by atoms with Crippen molar-refractivity contribution in [2.24, 2.45) is 17.8 Å². The van der Waals surface area contributed by atoms with Crippen LogP contribution in [0.2, 0.25) is 0 Å². The van der Waals surface area contributed by atoms with Crippen LogP contribution in [0.4, 0.5) is 0 Å². The molecule has 0 spiro atoms. The average Bonchev–Trinajstić information content (AvgIpc) is 2.32. The second kappa shape index (κ2) is 7.77. The molecule has 3 nitrogen and oxygen atoms in total. The number of ether oxygens (including phenoxy) is 1. The number of rotatable bonds is 6. The molecule has 1 rings (SSSR count). The lowest BCUT2D eigenvalue weighted by molar-refractivity contribution is -0.722. The third kappa shape index (κ3) is 6.55. The number of aliphatic hydroxyl groups excluding tert-OH is 1. The van der Waals surface area contributed by atoms with Crippen LogP contribution in [0, 0.1) is 17.8 Å². The highest BCUT2D eigenvalue weighted by Crippen LogP contribution is 2.35. The van der Waals surface area contributed by atoms with Crippen molar-refractivity contribution in [1.29, 1.82) is 0 Å². The van der Waals surface area contributed by atoms with Gasteiger partial charge in [-0.15, -0.1) is 0 Å². The van der Waals surface area contributed by atoms with Crippen LogP contribution in [-0.2, 0) is 4.74 Å². The van der Waals surface area contributed by atoms with Crippen molar-refractivity contribution in [2.45, 2.75) is 78.6 Å². The van der Waals surface area contributed by atoms with E-state index >= 15 is 0 Å². The molecular weight excluding hydrogens is 250 g/mol. The van der Waals surface area contributed by atoms with Gasteiger partial charge in [-0.3, -0.25) is 0 Å². The first-order valence-electron chi connectivity index (χ1n) is 8.33. The van der Waals surface area contributed by atoms with E-state index in [1.54, 1.807) is 0 Å². The Bertz CT molecular complexity index is 273. The maximum absolute atomic E-state index is 10.1. The van der Waals surface area contributed by atoms with Crippen molar-refractivity contribution in [3.8, 4) is 0 Å². The molecule has 20 heavy (non-hydrogen) atoms. The van der Waals surface area contributed by atoms with Gasteiger partial charge < -0.3 is 15.2 Å². The lowest BCUT2D eigenvalue weighted by Crippen LogP contribution is -2.96. The molecule has 0 heterocycles. The molecule has 1 aliphatic rings. The molecule has 0 amide bonds. The van der Waals surface area contributed by atoms with Gasteiger partial charge in [-0.05, 0) is 51.4 Å². The Labute approximate surface area is 125 Å². The van der Waals surface area contributed by atoms with Gasteiger partial charge in [-0.2, -0.15) is 0 Å². The molecule has 120 valence electrons. The van der Waals surface area contributed by atoms with Crippen LogP contribution < -0.4 is 5.32 Å². The Morgan fingerprint density at radius 3 is 2.45 bits per heavy atom. The molecule has 0 saturated heterocycles. The van der Waals surface area contributed by atoms with Crippen LogP contribution in [0.15, 0.2) is 0 Å². The zero-order valence-corrected chi connectivity index (χ0v) is 14.4. The second-order valence-electron chi connectivity index (χ2n) is 8.16. The summed E-state index contributed by atoms with van der Waals surface area (Å²) in [5, 5.41) is 12.3. The van der Waals surface area contributed by atoms with E-state index in [1.807, 2.05) is 0 Å². The van der Waals surface area contributed by atoms with E-state index in [1.165, 1.54) is 12.8 Å². The van der Waals surface area contributed by atoms with Gasteiger partial charge in [-0.1, -0.05) is 27.2 Å². The van der Waals surface area contributed by atoms with E-state index in [0.29, 0.717) is 24.5 Å². The number of aliphatic hydroxyl groups is 1. The Balaban J connectivity index is 2.37. The zero-order chi connectivity index (χ0) is 15.3. The first-order valence-corrected chi connectivity index (χ1v) is 8.33. The number of quaternary nitrogens is 1. The fourth-order valence-corrected chi connectivity index (χ4v) is 3.10. The highest BCUT2D eigenvalue weighted by Gasteiger charge is 2.31. The third-order valence-electron chi connectivity index (χ3n) is 4.47. The molecule has 1 saturated carbocycles. The SMILES string of the molecule is CC(C)[C@H]1CC[C@H](C)C[C@H]1OC[C@H](O)C[NH2+]C(C)(C)C. The average molecular weight is 286 g/mol. The van der Waals surface area contributed by atoms with Crippen molar-refractivity contribution in [3.05, 3.63) is 0 Å². The Morgan fingerprint density at radius 2 is 1.90 bits per heavy atom. The normalized spacial score (nSPS) is 29.7. The number of nitrogens with two attached hydrogens (primary N) is 1. The highest BCUT2D eigenvalue weighted by atomic mass is 16.5. The molecule has 0 bridgehead atoms. The van der Waals surface area contributed by atoms with E-state index in [0.717, 1.165) is 18.9 Å². The summed E-state index contributed by atoms with van der Waals surface area (Å²) in [5.41, 5.74) is 0.167. The summed E-state index contributed by atoms with van der Waals surface area (Å²) in [6, 6.07) is 0. The van der Waals surface area contributed by atoms with Gasteiger partial charge >= 0.3 is 0 Å². The smallest absolute Gasteiger partial charge is 0.126 e. The van der Waals surface area contributed by atoms with Gasteiger partial charge in [0.25, 0.3) is 0 Å². The molecule has 0 radical (unpaired) electrons. The second-order valence-corrected chi connectivity index (χ2v) is 8.16. The molecule has 1 fully saturated rings. The van der Waals surface area contributed by atoms with Crippen LogP contribution >= 0.6 is 0 Å². The molecule has 4 atom stereocenters. The summed E-state index contributed by atoms with van der Waals surface area (Å²) in [4.78, 5) is 0. The van der Waals surface area contributed by atoms with E-state index in [2.05, 4.69) is 46.9 Å². The van der Waals surface area contributed by atoms with Crippen molar-refractivity contribution in [3.63, 3.8) is 0 Å². The van der Waals surface area contributed by atoms with Crippen LogP contribution in [0.5, 0.6) is 0 Å². The summed E-state index contributed by atoms with van der Waals surface area (Å²) in [7, 11) is 0. The van der Waals surface area contributed by atoms with E-state index in [4.69, 9.17) is 4.74 Å². The van der Waals surface area contributed by atoms with Crippen molar-refractivity contribution < 1.29 is 15.2 Å². The summed E-state index contributed by atoms with van der Waals surface area (Å²) in [5.74, 6) is 2.09. The molecule has 1 aliphatic carbocycles. The Hall–Kier alpha value is -0.120. The summed E-state index contributed by atoms with van der Waals surface area (Å²) in [6.07, 6.45) is 3.72. The van der Waals surface area contributed by atoms with Gasteiger partial charge in [0.1, 0.15) is 12.6 Å². The van der Waals surface area contributed by atoms with E-state index in [9.17, 15) is 5.11 Å². The molecule has 0 aromatic heterocycles. The summed E-state index contributed by atoms with van der Waals surface area (Å²) >= 11 is 0. The summed E-state index contributed by atoms with van der Waals surface area (Å²) in [6.45, 7) is 14.6.